The molecule has 5 heteroatoms. The highest BCUT2D eigenvalue weighted by Crippen LogP contribution is 2.30. The Hall–Kier alpha value is -1.33. The molecule has 27 heavy (non-hydrogen) atoms. The summed E-state index contributed by atoms with van der Waals surface area (Å²) in [5.74, 6) is 3.18. The highest BCUT2D eigenvalue weighted by atomic mass is 32.2. The van der Waals surface area contributed by atoms with Gasteiger partial charge in [-0.3, -0.25) is 4.90 Å². The topological polar surface area (TPSA) is 34.0 Å². The molecule has 4 rings (SSSR count). The van der Waals surface area contributed by atoms with Gasteiger partial charge in [0.25, 0.3) is 0 Å². The smallest absolute Gasteiger partial charge is 0.191 e. The first-order valence-corrected chi connectivity index (χ1v) is 11.7. The second kappa shape index (κ2) is 9.74. The summed E-state index contributed by atoms with van der Waals surface area (Å²) in [6.07, 6.45) is 11.0. The third-order valence-electron chi connectivity index (χ3n) is 5.96. The van der Waals surface area contributed by atoms with Gasteiger partial charge in [-0.05, 0) is 50.3 Å². The lowest BCUT2D eigenvalue weighted by molar-refractivity contribution is 0.213. The van der Waals surface area contributed by atoms with Gasteiger partial charge in [0.05, 0.1) is 13.1 Å². The fraction of sp³-hybridized carbons (Fsp3) is 0.636. The summed E-state index contributed by atoms with van der Waals surface area (Å²) in [5, 5.41) is 10.3. The Morgan fingerprint density at radius 3 is 2.37 bits per heavy atom. The summed E-state index contributed by atoms with van der Waals surface area (Å²) >= 11 is 1.93. The van der Waals surface area contributed by atoms with Crippen molar-refractivity contribution in [3.63, 3.8) is 0 Å². The van der Waals surface area contributed by atoms with Crippen molar-refractivity contribution in [1.82, 2.24) is 19.7 Å². The number of aromatic nitrogens is 3. The third kappa shape index (κ3) is 5.35. The maximum Gasteiger partial charge on any atom is 0.191 e. The van der Waals surface area contributed by atoms with Crippen LogP contribution in [0.1, 0.15) is 62.8 Å². The summed E-state index contributed by atoms with van der Waals surface area (Å²) < 4.78 is 2.37. The van der Waals surface area contributed by atoms with E-state index in [1.54, 1.807) is 0 Å². The summed E-state index contributed by atoms with van der Waals surface area (Å²) in [5.41, 5.74) is 1.33. The monoisotopic (exact) mass is 384 g/mol. The standard InChI is InChI=1S/C22H32N4S/c1-4-10-19(11-5-1)16-26-21(17-25-14-8-3-9-15-25)23-24-22(26)27-18-20-12-6-2-7-13-20/h1,4-5,10-11,20H,2-3,6-9,12-18H2. The second-order valence-electron chi connectivity index (χ2n) is 8.12. The molecule has 0 N–H and O–H groups in total. The lowest BCUT2D eigenvalue weighted by Crippen LogP contribution is -2.30. The lowest BCUT2D eigenvalue weighted by Gasteiger charge is -2.26. The van der Waals surface area contributed by atoms with Gasteiger partial charge in [-0.25, -0.2) is 0 Å². The Morgan fingerprint density at radius 1 is 0.852 bits per heavy atom. The van der Waals surface area contributed by atoms with Crippen LogP contribution in [0.3, 0.4) is 0 Å². The van der Waals surface area contributed by atoms with Crippen molar-refractivity contribution in [1.29, 1.82) is 0 Å². The molecule has 1 aromatic heterocycles. The van der Waals surface area contributed by atoms with Gasteiger partial charge in [-0.15, -0.1) is 10.2 Å². The van der Waals surface area contributed by atoms with Crippen LogP contribution < -0.4 is 0 Å². The zero-order valence-corrected chi connectivity index (χ0v) is 17.2. The van der Waals surface area contributed by atoms with Crippen LogP contribution in [-0.2, 0) is 13.1 Å². The Kier molecular flexibility index (Phi) is 6.86. The minimum Gasteiger partial charge on any atom is -0.300 e. The quantitative estimate of drug-likeness (QED) is 0.630. The number of hydrogen-bond donors (Lipinski definition) is 0. The zero-order chi connectivity index (χ0) is 18.3. The van der Waals surface area contributed by atoms with E-state index in [0.717, 1.165) is 30.0 Å². The molecule has 146 valence electrons. The Labute approximate surface area is 167 Å². The van der Waals surface area contributed by atoms with Gasteiger partial charge in [0.15, 0.2) is 5.16 Å². The molecule has 1 aliphatic carbocycles. The molecular formula is C22H32N4S. The number of rotatable bonds is 7. The van der Waals surface area contributed by atoms with Crippen molar-refractivity contribution in [2.45, 2.75) is 69.6 Å². The van der Waals surface area contributed by atoms with Crippen LogP contribution in [0.5, 0.6) is 0 Å². The van der Waals surface area contributed by atoms with Crippen LogP contribution >= 0.6 is 11.8 Å². The van der Waals surface area contributed by atoms with Gasteiger partial charge in [-0.2, -0.15) is 0 Å². The van der Waals surface area contributed by atoms with Gasteiger partial charge < -0.3 is 4.57 Å². The van der Waals surface area contributed by atoms with Crippen LogP contribution in [0, 0.1) is 5.92 Å². The molecule has 1 saturated heterocycles. The Bertz CT molecular complexity index is 688. The van der Waals surface area contributed by atoms with Crippen LogP contribution in [-0.4, -0.2) is 38.5 Å². The van der Waals surface area contributed by atoms with E-state index in [2.05, 4.69) is 50.0 Å². The second-order valence-corrected chi connectivity index (χ2v) is 9.11. The maximum absolute atomic E-state index is 4.62. The van der Waals surface area contributed by atoms with Crippen molar-refractivity contribution in [3.8, 4) is 0 Å². The minimum absolute atomic E-state index is 0.858. The van der Waals surface area contributed by atoms with Crippen molar-refractivity contribution < 1.29 is 0 Å². The largest absolute Gasteiger partial charge is 0.300 e. The van der Waals surface area contributed by atoms with Gasteiger partial charge in [0.1, 0.15) is 5.82 Å². The maximum atomic E-state index is 4.62. The van der Waals surface area contributed by atoms with Crippen LogP contribution in [0.4, 0.5) is 0 Å². The summed E-state index contributed by atoms with van der Waals surface area (Å²) in [6, 6.07) is 10.8. The number of benzene rings is 1. The van der Waals surface area contributed by atoms with E-state index in [1.807, 2.05) is 11.8 Å². The number of piperidine rings is 1. The number of hydrogen-bond acceptors (Lipinski definition) is 4. The highest BCUT2D eigenvalue weighted by Gasteiger charge is 2.20. The molecule has 1 aliphatic heterocycles. The first-order chi connectivity index (χ1) is 13.4. The van der Waals surface area contributed by atoms with Crippen molar-refractivity contribution >= 4 is 11.8 Å². The first-order valence-electron chi connectivity index (χ1n) is 10.7. The fourth-order valence-corrected chi connectivity index (χ4v) is 5.47. The van der Waals surface area contributed by atoms with Crippen molar-refractivity contribution in [3.05, 3.63) is 41.7 Å². The molecule has 1 saturated carbocycles. The molecule has 1 aromatic carbocycles. The molecule has 2 heterocycles. The summed E-state index contributed by atoms with van der Waals surface area (Å²) in [4.78, 5) is 2.55. The van der Waals surface area contributed by atoms with Gasteiger partial charge in [0.2, 0.25) is 0 Å². The molecular weight excluding hydrogens is 352 g/mol. The van der Waals surface area contributed by atoms with E-state index >= 15 is 0 Å². The number of thioether (sulfide) groups is 1. The number of nitrogens with zero attached hydrogens (tertiary/aromatic N) is 4. The van der Waals surface area contributed by atoms with Crippen LogP contribution in [0.2, 0.25) is 0 Å². The first kappa shape index (κ1) is 19.0. The molecule has 0 radical (unpaired) electrons. The zero-order valence-electron chi connectivity index (χ0n) is 16.4. The van der Waals surface area contributed by atoms with E-state index in [9.17, 15) is 0 Å². The molecule has 0 amide bonds. The van der Waals surface area contributed by atoms with Crippen molar-refractivity contribution in [2.75, 3.05) is 18.8 Å². The summed E-state index contributed by atoms with van der Waals surface area (Å²) in [6.45, 7) is 4.21. The van der Waals surface area contributed by atoms with E-state index in [0.29, 0.717) is 0 Å². The highest BCUT2D eigenvalue weighted by molar-refractivity contribution is 7.99. The van der Waals surface area contributed by atoms with E-state index < -0.39 is 0 Å². The molecule has 0 spiro atoms. The van der Waals surface area contributed by atoms with Crippen LogP contribution in [0.25, 0.3) is 0 Å². The fourth-order valence-electron chi connectivity index (χ4n) is 4.33. The minimum atomic E-state index is 0.858. The Morgan fingerprint density at radius 2 is 1.59 bits per heavy atom. The normalized spacial score (nSPS) is 19.4. The Balaban J connectivity index is 1.48. The van der Waals surface area contributed by atoms with E-state index in [1.165, 1.54) is 75.8 Å². The molecule has 0 atom stereocenters. The third-order valence-corrected chi connectivity index (χ3v) is 7.16. The van der Waals surface area contributed by atoms with Gasteiger partial charge in [-0.1, -0.05) is 67.8 Å². The average molecular weight is 385 g/mol. The van der Waals surface area contributed by atoms with E-state index in [-0.39, 0.29) is 0 Å². The lowest BCUT2D eigenvalue weighted by atomic mass is 9.91. The van der Waals surface area contributed by atoms with Crippen molar-refractivity contribution in [2.24, 2.45) is 5.92 Å². The van der Waals surface area contributed by atoms with Gasteiger partial charge in [0, 0.05) is 5.75 Å². The predicted octanol–water partition coefficient (Wildman–Crippen LogP) is 4.98. The molecule has 0 unspecified atom stereocenters. The van der Waals surface area contributed by atoms with Crippen LogP contribution in [0.15, 0.2) is 35.5 Å². The summed E-state index contributed by atoms with van der Waals surface area (Å²) in [7, 11) is 0. The SMILES string of the molecule is c1ccc(Cn2c(CN3CCCCC3)nnc2SCC2CCCCC2)cc1. The molecule has 0 bridgehead atoms. The van der Waals surface area contributed by atoms with Gasteiger partial charge >= 0.3 is 0 Å². The molecule has 2 aliphatic rings. The van der Waals surface area contributed by atoms with E-state index in [4.69, 9.17) is 0 Å². The average Bonchev–Trinajstić information content (AvgIpc) is 3.10. The molecule has 4 nitrogen and oxygen atoms in total. The predicted molar refractivity (Wildman–Crippen MR) is 112 cm³/mol. The molecule has 2 aromatic rings. The number of likely N-dealkylation sites (tertiary alicyclic amines) is 1. The molecule has 2 fully saturated rings.